The molecule has 130 valence electrons. The number of nitrogens with zero attached hydrogens (tertiary/aromatic N) is 1. The molecule has 0 aliphatic carbocycles. The summed E-state index contributed by atoms with van der Waals surface area (Å²) in [6.07, 6.45) is 3.78. The molecule has 0 saturated heterocycles. The van der Waals surface area contributed by atoms with Crippen molar-refractivity contribution in [3.05, 3.63) is 75.8 Å². The lowest BCUT2D eigenvalue weighted by molar-refractivity contribution is -0.385. The largest absolute Gasteiger partial charge is 0.494 e. The van der Waals surface area contributed by atoms with Gasteiger partial charge in [0.15, 0.2) is 5.78 Å². The third-order valence-electron chi connectivity index (χ3n) is 3.65. The first-order valence-electron chi connectivity index (χ1n) is 8.16. The Morgan fingerprint density at radius 3 is 2.48 bits per heavy atom. The molecule has 2 aromatic carbocycles. The summed E-state index contributed by atoms with van der Waals surface area (Å²) >= 11 is 0. The molecule has 0 aliphatic heterocycles. The SMILES string of the molecule is CC(C)CCOc1ccc(C(=O)C=Cc2ccccc2[N+](=O)[O-])cc1. The highest BCUT2D eigenvalue weighted by atomic mass is 16.6. The lowest BCUT2D eigenvalue weighted by atomic mass is 10.1. The number of nitro benzene ring substituents is 1. The first-order chi connectivity index (χ1) is 12.0. The number of rotatable bonds is 8. The molecular formula is C20H21NO4. The van der Waals surface area contributed by atoms with Crippen molar-refractivity contribution < 1.29 is 14.5 Å². The third-order valence-corrected chi connectivity index (χ3v) is 3.65. The number of ether oxygens (including phenoxy) is 1. The molecule has 0 aliphatic rings. The smallest absolute Gasteiger partial charge is 0.276 e. The van der Waals surface area contributed by atoms with E-state index >= 15 is 0 Å². The molecule has 25 heavy (non-hydrogen) atoms. The molecule has 0 N–H and O–H groups in total. The van der Waals surface area contributed by atoms with E-state index in [4.69, 9.17) is 4.74 Å². The van der Waals surface area contributed by atoms with Crippen molar-refractivity contribution in [3.8, 4) is 5.75 Å². The average Bonchev–Trinajstić information content (AvgIpc) is 2.60. The molecule has 2 aromatic rings. The summed E-state index contributed by atoms with van der Waals surface area (Å²) < 4.78 is 5.62. The predicted molar refractivity (Wildman–Crippen MR) is 97.9 cm³/mol. The van der Waals surface area contributed by atoms with E-state index in [9.17, 15) is 14.9 Å². The minimum Gasteiger partial charge on any atom is -0.494 e. The van der Waals surface area contributed by atoms with Crippen molar-refractivity contribution in [1.29, 1.82) is 0 Å². The highest BCUT2D eigenvalue weighted by molar-refractivity contribution is 6.07. The van der Waals surface area contributed by atoms with Gasteiger partial charge in [-0.05, 0) is 54.8 Å². The fourth-order valence-corrected chi connectivity index (χ4v) is 2.18. The lowest BCUT2D eigenvalue weighted by Crippen LogP contribution is -2.01. The van der Waals surface area contributed by atoms with Gasteiger partial charge in [-0.2, -0.15) is 0 Å². The molecule has 0 fully saturated rings. The first-order valence-corrected chi connectivity index (χ1v) is 8.16. The van der Waals surface area contributed by atoms with Crippen molar-refractivity contribution in [1.82, 2.24) is 0 Å². The van der Waals surface area contributed by atoms with Crippen LogP contribution >= 0.6 is 0 Å². The summed E-state index contributed by atoms with van der Waals surface area (Å²) in [5, 5.41) is 11.0. The van der Waals surface area contributed by atoms with Gasteiger partial charge in [0.05, 0.1) is 17.1 Å². The lowest BCUT2D eigenvalue weighted by Gasteiger charge is -2.08. The van der Waals surface area contributed by atoms with E-state index < -0.39 is 4.92 Å². The number of allylic oxidation sites excluding steroid dienone is 1. The Morgan fingerprint density at radius 2 is 1.84 bits per heavy atom. The van der Waals surface area contributed by atoms with Crippen LogP contribution in [0, 0.1) is 16.0 Å². The van der Waals surface area contributed by atoms with Crippen LogP contribution in [-0.4, -0.2) is 17.3 Å². The molecule has 0 bridgehead atoms. The van der Waals surface area contributed by atoms with Gasteiger partial charge in [0.2, 0.25) is 0 Å². The Morgan fingerprint density at radius 1 is 1.16 bits per heavy atom. The molecule has 0 aromatic heterocycles. The van der Waals surface area contributed by atoms with Crippen LogP contribution in [0.1, 0.15) is 36.2 Å². The molecule has 5 heteroatoms. The van der Waals surface area contributed by atoms with Crippen LogP contribution in [0.2, 0.25) is 0 Å². The number of hydrogen-bond acceptors (Lipinski definition) is 4. The molecule has 0 saturated carbocycles. The molecule has 2 rings (SSSR count). The fourth-order valence-electron chi connectivity index (χ4n) is 2.18. The van der Waals surface area contributed by atoms with Crippen LogP contribution in [0.4, 0.5) is 5.69 Å². The predicted octanol–water partition coefficient (Wildman–Crippen LogP) is 4.92. The van der Waals surface area contributed by atoms with Crippen LogP contribution in [-0.2, 0) is 0 Å². The number of nitro groups is 1. The van der Waals surface area contributed by atoms with E-state index in [0.717, 1.165) is 12.2 Å². The second-order valence-electron chi connectivity index (χ2n) is 6.07. The van der Waals surface area contributed by atoms with Gasteiger partial charge in [0, 0.05) is 11.6 Å². The number of carbonyl (C=O) groups excluding carboxylic acids is 1. The second kappa shape index (κ2) is 8.78. The monoisotopic (exact) mass is 339 g/mol. The Bertz CT molecular complexity index is 764. The molecule has 0 heterocycles. The van der Waals surface area contributed by atoms with Crippen molar-refractivity contribution in [2.45, 2.75) is 20.3 Å². The van der Waals surface area contributed by atoms with Gasteiger partial charge in [-0.3, -0.25) is 14.9 Å². The molecular weight excluding hydrogens is 318 g/mol. The summed E-state index contributed by atoms with van der Waals surface area (Å²) in [5.41, 5.74) is 0.876. The number of para-hydroxylation sites is 1. The highest BCUT2D eigenvalue weighted by Crippen LogP contribution is 2.20. The number of hydrogen-bond donors (Lipinski definition) is 0. The quantitative estimate of drug-likeness (QED) is 0.296. The van der Waals surface area contributed by atoms with E-state index in [1.807, 2.05) is 0 Å². The second-order valence-corrected chi connectivity index (χ2v) is 6.07. The molecule has 0 amide bonds. The Labute approximate surface area is 147 Å². The van der Waals surface area contributed by atoms with Crippen LogP contribution in [0.25, 0.3) is 6.08 Å². The molecule has 5 nitrogen and oxygen atoms in total. The number of carbonyl (C=O) groups is 1. The molecule has 0 unspecified atom stereocenters. The highest BCUT2D eigenvalue weighted by Gasteiger charge is 2.10. The first kappa shape index (κ1) is 18.4. The minimum absolute atomic E-state index is 0.0274. The zero-order valence-electron chi connectivity index (χ0n) is 14.3. The van der Waals surface area contributed by atoms with E-state index in [1.54, 1.807) is 42.5 Å². The topological polar surface area (TPSA) is 69.4 Å². The molecule has 0 atom stereocenters. The maximum atomic E-state index is 12.2. The third kappa shape index (κ3) is 5.57. The van der Waals surface area contributed by atoms with E-state index in [-0.39, 0.29) is 11.5 Å². The number of benzene rings is 2. The summed E-state index contributed by atoms with van der Waals surface area (Å²) in [6, 6.07) is 13.2. The van der Waals surface area contributed by atoms with Crippen LogP contribution in [0.5, 0.6) is 5.75 Å². The maximum Gasteiger partial charge on any atom is 0.276 e. The van der Waals surface area contributed by atoms with Gasteiger partial charge in [-0.15, -0.1) is 0 Å². The molecule has 0 radical (unpaired) electrons. The zero-order valence-corrected chi connectivity index (χ0v) is 14.3. The van der Waals surface area contributed by atoms with Crippen molar-refractivity contribution in [2.75, 3.05) is 6.61 Å². The Hall–Kier alpha value is -2.95. The zero-order chi connectivity index (χ0) is 18.2. The fraction of sp³-hybridized carbons (Fsp3) is 0.250. The van der Waals surface area contributed by atoms with E-state index in [0.29, 0.717) is 23.7 Å². The summed E-state index contributed by atoms with van der Waals surface area (Å²) in [4.78, 5) is 22.7. The van der Waals surface area contributed by atoms with E-state index in [2.05, 4.69) is 13.8 Å². The molecule has 0 spiro atoms. The maximum absolute atomic E-state index is 12.2. The normalized spacial score (nSPS) is 11.0. The van der Waals surface area contributed by atoms with Crippen molar-refractivity contribution in [3.63, 3.8) is 0 Å². The van der Waals surface area contributed by atoms with Gasteiger partial charge in [-0.25, -0.2) is 0 Å². The van der Waals surface area contributed by atoms with Crippen LogP contribution in [0.15, 0.2) is 54.6 Å². The summed E-state index contributed by atoms with van der Waals surface area (Å²) in [7, 11) is 0. The van der Waals surface area contributed by atoms with Gasteiger partial charge in [0.1, 0.15) is 5.75 Å². The van der Waals surface area contributed by atoms with E-state index in [1.165, 1.54) is 18.2 Å². The van der Waals surface area contributed by atoms with Crippen LogP contribution in [0.3, 0.4) is 0 Å². The van der Waals surface area contributed by atoms with Crippen molar-refractivity contribution in [2.24, 2.45) is 5.92 Å². The Kier molecular flexibility index (Phi) is 6.46. The van der Waals surface area contributed by atoms with Gasteiger partial charge < -0.3 is 4.74 Å². The average molecular weight is 339 g/mol. The van der Waals surface area contributed by atoms with Crippen molar-refractivity contribution >= 4 is 17.5 Å². The number of ketones is 1. The van der Waals surface area contributed by atoms with Gasteiger partial charge >= 0.3 is 0 Å². The standard InChI is InChI=1S/C20H21NO4/c1-15(2)13-14-25-18-10-7-17(8-11-18)20(22)12-9-16-5-3-4-6-19(16)21(23)24/h3-12,15H,13-14H2,1-2H3. The van der Waals surface area contributed by atoms with Crippen LogP contribution < -0.4 is 4.74 Å². The van der Waals surface area contributed by atoms with Gasteiger partial charge in [-0.1, -0.05) is 26.0 Å². The van der Waals surface area contributed by atoms with Gasteiger partial charge in [0.25, 0.3) is 5.69 Å². The summed E-state index contributed by atoms with van der Waals surface area (Å²) in [6.45, 7) is 4.91. The summed E-state index contributed by atoms with van der Waals surface area (Å²) in [5.74, 6) is 1.08. The minimum atomic E-state index is -0.465. The Balaban J connectivity index is 2.02.